The Balaban J connectivity index is 1.95. The molecule has 1 saturated heterocycles. The van der Waals surface area contributed by atoms with Gasteiger partial charge in [0.25, 0.3) is 0 Å². The summed E-state index contributed by atoms with van der Waals surface area (Å²) in [5, 5.41) is 3.41. The van der Waals surface area contributed by atoms with Crippen LogP contribution >= 0.6 is 0 Å². The van der Waals surface area contributed by atoms with Gasteiger partial charge < -0.3 is 10.1 Å². The van der Waals surface area contributed by atoms with Crippen LogP contribution in [0.25, 0.3) is 0 Å². The van der Waals surface area contributed by atoms with E-state index in [9.17, 15) is 0 Å². The molecule has 1 aromatic heterocycles. The molecule has 17 heavy (non-hydrogen) atoms. The zero-order valence-electron chi connectivity index (χ0n) is 10.9. The van der Waals surface area contributed by atoms with Crippen molar-refractivity contribution in [1.29, 1.82) is 0 Å². The first-order chi connectivity index (χ1) is 8.20. The largest absolute Gasteiger partial charge is 0.378 e. The molecule has 0 aliphatic carbocycles. The van der Waals surface area contributed by atoms with E-state index >= 15 is 0 Å². The summed E-state index contributed by atoms with van der Waals surface area (Å²) >= 11 is 0. The minimum absolute atomic E-state index is 0.403. The number of ether oxygens (including phenoxy) is 1. The van der Waals surface area contributed by atoms with Gasteiger partial charge in [-0.15, -0.1) is 0 Å². The Labute approximate surface area is 103 Å². The molecule has 4 nitrogen and oxygen atoms in total. The summed E-state index contributed by atoms with van der Waals surface area (Å²) in [4.78, 5) is 8.78. The molecule has 1 aliphatic heterocycles. The Kier molecular flexibility index (Phi) is 3.94. The molecule has 0 radical (unpaired) electrons. The Bertz CT molecular complexity index is 381. The lowest BCUT2D eigenvalue weighted by molar-refractivity contribution is 0.0900. The molecule has 0 amide bonds. The number of nitrogens with zero attached hydrogens (tertiary/aromatic N) is 2. The van der Waals surface area contributed by atoms with E-state index in [4.69, 9.17) is 4.74 Å². The van der Waals surface area contributed by atoms with E-state index in [1.165, 1.54) is 0 Å². The average molecular weight is 235 g/mol. The quantitative estimate of drug-likeness (QED) is 0.870. The van der Waals surface area contributed by atoms with Gasteiger partial charge in [-0.05, 0) is 26.7 Å². The molecule has 1 fully saturated rings. The van der Waals surface area contributed by atoms with Crippen molar-refractivity contribution < 1.29 is 4.74 Å². The van der Waals surface area contributed by atoms with Crippen LogP contribution in [0.3, 0.4) is 0 Å². The monoisotopic (exact) mass is 235 g/mol. The number of rotatable bonds is 4. The maximum Gasteiger partial charge on any atom is 0.147 e. The summed E-state index contributed by atoms with van der Waals surface area (Å²) in [5.41, 5.74) is 1.91. The fourth-order valence-corrected chi connectivity index (χ4v) is 2.31. The number of aromatic nitrogens is 2. The Morgan fingerprint density at radius 3 is 3.06 bits per heavy atom. The molecule has 1 aliphatic rings. The molecule has 94 valence electrons. The fourth-order valence-electron chi connectivity index (χ4n) is 2.31. The second-order valence-electron chi connectivity index (χ2n) is 4.69. The van der Waals surface area contributed by atoms with Crippen LogP contribution in [-0.4, -0.2) is 29.2 Å². The van der Waals surface area contributed by atoms with Crippen molar-refractivity contribution in [1.82, 2.24) is 9.97 Å². The number of nitrogens with one attached hydrogen (secondary N) is 1. The van der Waals surface area contributed by atoms with Crippen LogP contribution in [0.2, 0.25) is 0 Å². The third kappa shape index (κ3) is 2.94. The Morgan fingerprint density at radius 2 is 2.29 bits per heavy atom. The van der Waals surface area contributed by atoms with Crippen molar-refractivity contribution in [2.24, 2.45) is 5.92 Å². The maximum absolute atomic E-state index is 5.68. The molecule has 4 heteroatoms. The predicted molar refractivity (Wildman–Crippen MR) is 68.1 cm³/mol. The van der Waals surface area contributed by atoms with E-state index in [0.717, 1.165) is 43.2 Å². The van der Waals surface area contributed by atoms with Crippen LogP contribution in [0.15, 0.2) is 6.20 Å². The minimum atomic E-state index is 0.403. The lowest BCUT2D eigenvalue weighted by Crippen LogP contribution is -2.23. The topological polar surface area (TPSA) is 47.0 Å². The first kappa shape index (κ1) is 12.3. The molecule has 1 aromatic rings. The Hall–Kier alpha value is -1.16. The van der Waals surface area contributed by atoms with Gasteiger partial charge in [-0.2, -0.15) is 0 Å². The first-order valence-electron chi connectivity index (χ1n) is 6.36. The molecule has 0 aromatic carbocycles. The summed E-state index contributed by atoms with van der Waals surface area (Å²) in [6.45, 7) is 7.95. The molecule has 2 heterocycles. The number of hydrogen-bond donors (Lipinski definition) is 1. The van der Waals surface area contributed by atoms with Crippen LogP contribution in [-0.2, 0) is 4.74 Å². The van der Waals surface area contributed by atoms with Gasteiger partial charge in [0, 0.05) is 25.3 Å². The van der Waals surface area contributed by atoms with Crippen LogP contribution < -0.4 is 5.32 Å². The fraction of sp³-hybridized carbons (Fsp3) is 0.692. The second kappa shape index (κ2) is 5.45. The van der Waals surface area contributed by atoms with E-state index in [2.05, 4.69) is 22.2 Å². The standard InChI is InChI=1S/C13H21N3O/c1-4-12-11(5-6-17-12)8-15-13-10(3)14-7-9(2)16-13/h7,11-12H,4-6,8H2,1-3H3,(H,15,16). The van der Waals surface area contributed by atoms with E-state index in [-0.39, 0.29) is 0 Å². The Morgan fingerprint density at radius 1 is 1.47 bits per heavy atom. The van der Waals surface area contributed by atoms with Gasteiger partial charge >= 0.3 is 0 Å². The number of aryl methyl sites for hydroxylation is 2. The van der Waals surface area contributed by atoms with E-state index < -0.39 is 0 Å². The second-order valence-corrected chi connectivity index (χ2v) is 4.69. The molecule has 2 rings (SSSR count). The van der Waals surface area contributed by atoms with E-state index in [1.807, 2.05) is 13.8 Å². The summed E-state index contributed by atoms with van der Waals surface area (Å²) in [6.07, 6.45) is 4.43. The van der Waals surface area contributed by atoms with Crippen molar-refractivity contribution in [2.45, 2.75) is 39.7 Å². The minimum Gasteiger partial charge on any atom is -0.378 e. The average Bonchev–Trinajstić information content (AvgIpc) is 2.77. The van der Waals surface area contributed by atoms with E-state index in [1.54, 1.807) is 6.20 Å². The zero-order chi connectivity index (χ0) is 12.3. The smallest absolute Gasteiger partial charge is 0.147 e. The third-order valence-corrected chi connectivity index (χ3v) is 3.36. The highest BCUT2D eigenvalue weighted by Gasteiger charge is 2.26. The van der Waals surface area contributed by atoms with E-state index in [0.29, 0.717) is 12.0 Å². The van der Waals surface area contributed by atoms with Gasteiger partial charge in [0.2, 0.25) is 0 Å². The third-order valence-electron chi connectivity index (χ3n) is 3.36. The van der Waals surface area contributed by atoms with Crippen LogP contribution in [0.1, 0.15) is 31.2 Å². The van der Waals surface area contributed by atoms with Crippen molar-refractivity contribution in [3.63, 3.8) is 0 Å². The summed E-state index contributed by atoms with van der Waals surface area (Å²) in [7, 11) is 0. The van der Waals surface area contributed by atoms with Crippen molar-refractivity contribution in [3.05, 3.63) is 17.6 Å². The van der Waals surface area contributed by atoms with Gasteiger partial charge in [0.1, 0.15) is 5.82 Å². The molecular formula is C13H21N3O. The maximum atomic E-state index is 5.68. The summed E-state index contributed by atoms with van der Waals surface area (Å²) in [6, 6.07) is 0. The molecule has 0 bridgehead atoms. The normalized spacial score (nSPS) is 23.9. The molecular weight excluding hydrogens is 214 g/mol. The number of hydrogen-bond acceptors (Lipinski definition) is 4. The van der Waals surface area contributed by atoms with Crippen LogP contribution in [0.4, 0.5) is 5.82 Å². The molecule has 0 saturated carbocycles. The predicted octanol–water partition coefficient (Wildman–Crippen LogP) is 2.32. The first-order valence-corrected chi connectivity index (χ1v) is 6.36. The highest BCUT2D eigenvalue weighted by molar-refractivity contribution is 5.39. The summed E-state index contributed by atoms with van der Waals surface area (Å²) in [5.74, 6) is 1.51. The molecule has 1 N–H and O–H groups in total. The highest BCUT2D eigenvalue weighted by atomic mass is 16.5. The van der Waals surface area contributed by atoms with Crippen molar-refractivity contribution in [2.75, 3.05) is 18.5 Å². The van der Waals surface area contributed by atoms with Gasteiger partial charge in [0.05, 0.1) is 17.5 Å². The van der Waals surface area contributed by atoms with Crippen molar-refractivity contribution >= 4 is 5.82 Å². The number of anilines is 1. The van der Waals surface area contributed by atoms with Gasteiger partial charge in [-0.1, -0.05) is 6.92 Å². The van der Waals surface area contributed by atoms with Gasteiger partial charge in [-0.25, -0.2) is 4.98 Å². The highest BCUT2D eigenvalue weighted by Crippen LogP contribution is 2.23. The molecule has 0 spiro atoms. The van der Waals surface area contributed by atoms with Crippen LogP contribution in [0, 0.1) is 19.8 Å². The summed E-state index contributed by atoms with van der Waals surface area (Å²) < 4.78 is 5.68. The van der Waals surface area contributed by atoms with Crippen molar-refractivity contribution in [3.8, 4) is 0 Å². The zero-order valence-corrected chi connectivity index (χ0v) is 10.9. The van der Waals surface area contributed by atoms with Crippen LogP contribution in [0.5, 0.6) is 0 Å². The lowest BCUT2D eigenvalue weighted by atomic mass is 10.00. The molecule has 2 unspecified atom stereocenters. The lowest BCUT2D eigenvalue weighted by Gasteiger charge is -2.18. The van der Waals surface area contributed by atoms with Gasteiger partial charge in [0.15, 0.2) is 0 Å². The SMILES string of the molecule is CCC1OCCC1CNc1nc(C)cnc1C. The molecule has 2 atom stereocenters. The van der Waals surface area contributed by atoms with Gasteiger partial charge in [-0.3, -0.25) is 4.98 Å².